The van der Waals surface area contributed by atoms with E-state index in [0.29, 0.717) is 22.8 Å². The van der Waals surface area contributed by atoms with Gasteiger partial charge in [0, 0.05) is 5.56 Å². The number of hydrazone groups is 1. The Bertz CT molecular complexity index is 711. The number of benzene rings is 2. The average molecular weight is 298 g/mol. The van der Waals surface area contributed by atoms with Crippen molar-refractivity contribution in [3.05, 3.63) is 53.6 Å². The molecule has 3 rings (SSSR count). The molecule has 1 heterocycles. The Hall–Kier alpha value is -3.02. The van der Waals surface area contributed by atoms with E-state index in [1.165, 1.54) is 0 Å². The SMILES string of the molecule is COc1ccc(C(=O)N/N=C\c2ccc3c(c2)OCO3)cc1. The summed E-state index contributed by atoms with van der Waals surface area (Å²) in [5, 5.41) is 3.93. The molecule has 112 valence electrons. The zero-order valence-electron chi connectivity index (χ0n) is 11.9. The molecule has 1 N–H and O–H groups in total. The van der Waals surface area contributed by atoms with Gasteiger partial charge in [-0.25, -0.2) is 5.43 Å². The van der Waals surface area contributed by atoms with Crippen molar-refractivity contribution in [3.63, 3.8) is 0 Å². The lowest BCUT2D eigenvalue weighted by Gasteiger charge is -2.02. The third kappa shape index (κ3) is 3.01. The van der Waals surface area contributed by atoms with Gasteiger partial charge in [-0.05, 0) is 48.0 Å². The van der Waals surface area contributed by atoms with E-state index in [4.69, 9.17) is 14.2 Å². The van der Waals surface area contributed by atoms with Crippen LogP contribution in [0.4, 0.5) is 0 Å². The van der Waals surface area contributed by atoms with E-state index in [2.05, 4.69) is 10.5 Å². The third-order valence-electron chi connectivity index (χ3n) is 3.13. The van der Waals surface area contributed by atoms with Crippen LogP contribution < -0.4 is 19.6 Å². The van der Waals surface area contributed by atoms with Crippen LogP contribution in [0.2, 0.25) is 0 Å². The number of methoxy groups -OCH3 is 1. The van der Waals surface area contributed by atoms with E-state index >= 15 is 0 Å². The van der Waals surface area contributed by atoms with Gasteiger partial charge in [0.05, 0.1) is 13.3 Å². The topological polar surface area (TPSA) is 69.2 Å². The number of nitrogens with one attached hydrogen (secondary N) is 1. The van der Waals surface area contributed by atoms with E-state index in [0.717, 1.165) is 5.56 Å². The third-order valence-corrected chi connectivity index (χ3v) is 3.13. The van der Waals surface area contributed by atoms with E-state index < -0.39 is 0 Å². The van der Waals surface area contributed by atoms with Gasteiger partial charge < -0.3 is 14.2 Å². The van der Waals surface area contributed by atoms with Crippen molar-refractivity contribution in [1.29, 1.82) is 0 Å². The first kappa shape index (κ1) is 13.9. The fraction of sp³-hybridized carbons (Fsp3) is 0.125. The minimum Gasteiger partial charge on any atom is -0.497 e. The molecule has 0 fully saturated rings. The summed E-state index contributed by atoms with van der Waals surface area (Å²) in [5.41, 5.74) is 3.78. The Morgan fingerprint density at radius 1 is 1.18 bits per heavy atom. The molecule has 0 unspecified atom stereocenters. The second kappa shape index (κ2) is 6.17. The maximum absolute atomic E-state index is 11.9. The van der Waals surface area contributed by atoms with E-state index in [-0.39, 0.29) is 12.7 Å². The van der Waals surface area contributed by atoms with Crippen molar-refractivity contribution in [1.82, 2.24) is 5.43 Å². The quantitative estimate of drug-likeness (QED) is 0.694. The number of carbonyl (C=O) groups excluding carboxylic acids is 1. The van der Waals surface area contributed by atoms with E-state index in [1.807, 2.05) is 6.07 Å². The van der Waals surface area contributed by atoms with Crippen molar-refractivity contribution >= 4 is 12.1 Å². The second-order valence-electron chi connectivity index (χ2n) is 4.54. The molecular formula is C16H14N2O4. The van der Waals surface area contributed by atoms with Crippen molar-refractivity contribution in [2.45, 2.75) is 0 Å². The molecule has 0 saturated carbocycles. The van der Waals surface area contributed by atoms with Gasteiger partial charge in [0.2, 0.25) is 6.79 Å². The largest absolute Gasteiger partial charge is 0.497 e. The molecule has 0 radical (unpaired) electrons. The van der Waals surface area contributed by atoms with Gasteiger partial charge in [0.1, 0.15) is 5.75 Å². The van der Waals surface area contributed by atoms with Crippen molar-refractivity contribution < 1.29 is 19.0 Å². The molecule has 0 atom stereocenters. The lowest BCUT2D eigenvalue weighted by molar-refractivity contribution is 0.0955. The zero-order chi connectivity index (χ0) is 15.4. The zero-order valence-corrected chi connectivity index (χ0v) is 11.9. The van der Waals surface area contributed by atoms with Crippen LogP contribution in [0.15, 0.2) is 47.6 Å². The van der Waals surface area contributed by atoms with E-state index in [9.17, 15) is 4.79 Å². The van der Waals surface area contributed by atoms with Gasteiger partial charge in [-0.15, -0.1) is 0 Å². The molecule has 22 heavy (non-hydrogen) atoms. The maximum atomic E-state index is 11.9. The Balaban J connectivity index is 1.62. The Morgan fingerprint density at radius 2 is 1.95 bits per heavy atom. The summed E-state index contributed by atoms with van der Waals surface area (Å²) >= 11 is 0. The maximum Gasteiger partial charge on any atom is 0.271 e. The smallest absolute Gasteiger partial charge is 0.271 e. The first-order valence-electron chi connectivity index (χ1n) is 6.63. The normalized spacial score (nSPS) is 12.4. The van der Waals surface area contributed by atoms with Gasteiger partial charge in [-0.1, -0.05) is 0 Å². The first-order chi connectivity index (χ1) is 10.8. The summed E-state index contributed by atoms with van der Waals surface area (Å²) < 4.78 is 15.5. The molecule has 0 spiro atoms. The lowest BCUT2D eigenvalue weighted by atomic mass is 10.2. The molecule has 0 saturated heterocycles. The fourth-order valence-electron chi connectivity index (χ4n) is 1.97. The van der Waals surface area contributed by atoms with Gasteiger partial charge in [-0.3, -0.25) is 4.79 Å². The average Bonchev–Trinajstić information content (AvgIpc) is 3.02. The summed E-state index contributed by atoms with van der Waals surface area (Å²) in [4.78, 5) is 11.9. The number of rotatable bonds is 4. The summed E-state index contributed by atoms with van der Waals surface area (Å²) in [7, 11) is 1.57. The Kier molecular flexibility index (Phi) is 3.91. The lowest BCUT2D eigenvalue weighted by Crippen LogP contribution is -2.17. The molecule has 1 aliphatic heterocycles. The standard InChI is InChI=1S/C16H14N2O4/c1-20-13-5-3-12(4-6-13)16(19)18-17-9-11-2-7-14-15(8-11)22-10-21-14/h2-9H,10H2,1H3,(H,18,19)/b17-9-. The molecule has 6 heteroatoms. The molecule has 1 amide bonds. The predicted octanol–water partition coefficient (Wildman–Crippen LogP) is 2.19. The molecule has 1 aliphatic rings. The second-order valence-corrected chi connectivity index (χ2v) is 4.54. The minimum absolute atomic E-state index is 0.226. The van der Waals surface area contributed by atoms with Gasteiger partial charge in [-0.2, -0.15) is 5.10 Å². The van der Waals surface area contributed by atoms with Crippen LogP contribution in [-0.2, 0) is 0 Å². The molecule has 2 aromatic rings. The minimum atomic E-state index is -0.292. The first-order valence-corrected chi connectivity index (χ1v) is 6.63. The molecule has 0 bridgehead atoms. The van der Waals surface area contributed by atoms with Crippen LogP contribution in [0.3, 0.4) is 0 Å². The predicted molar refractivity (Wildman–Crippen MR) is 80.6 cm³/mol. The number of fused-ring (bicyclic) bond motifs is 1. The monoisotopic (exact) mass is 298 g/mol. The van der Waals surface area contributed by atoms with Gasteiger partial charge in [0.15, 0.2) is 11.5 Å². The number of amides is 1. The number of hydrogen-bond donors (Lipinski definition) is 1. The Labute approximate surface area is 127 Å². The molecule has 0 aliphatic carbocycles. The van der Waals surface area contributed by atoms with Crippen LogP contribution in [0.25, 0.3) is 0 Å². The molecule has 2 aromatic carbocycles. The van der Waals surface area contributed by atoms with Crippen LogP contribution in [0.1, 0.15) is 15.9 Å². The molecular weight excluding hydrogens is 284 g/mol. The van der Waals surface area contributed by atoms with Gasteiger partial charge in [0.25, 0.3) is 5.91 Å². The highest BCUT2D eigenvalue weighted by molar-refractivity contribution is 5.95. The van der Waals surface area contributed by atoms with Crippen LogP contribution in [-0.4, -0.2) is 26.0 Å². The highest BCUT2D eigenvalue weighted by Crippen LogP contribution is 2.31. The summed E-state index contributed by atoms with van der Waals surface area (Å²) in [6, 6.07) is 12.2. The number of ether oxygens (including phenoxy) is 3. The fourth-order valence-corrected chi connectivity index (χ4v) is 1.97. The van der Waals surface area contributed by atoms with Crippen molar-refractivity contribution in [2.24, 2.45) is 5.10 Å². The molecule has 6 nitrogen and oxygen atoms in total. The number of carbonyl (C=O) groups is 1. The summed E-state index contributed by atoms with van der Waals surface area (Å²) in [6.45, 7) is 0.226. The van der Waals surface area contributed by atoms with Crippen LogP contribution in [0, 0.1) is 0 Å². The number of hydrogen-bond acceptors (Lipinski definition) is 5. The summed E-state index contributed by atoms with van der Waals surface area (Å²) in [6.07, 6.45) is 1.55. The highest BCUT2D eigenvalue weighted by atomic mass is 16.7. The van der Waals surface area contributed by atoms with E-state index in [1.54, 1.807) is 49.7 Å². The Morgan fingerprint density at radius 3 is 2.73 bits per heavy atom. The number of nitrogens with zero attached hydrogens (tertiary/aromatic N) is 1. The highest BCUT2D eigenvalue weighted by Gasteiger charge is 2.12. The summed E-state index contributed by atoms with van der Waals surface area (Å²) in [5.74, 6) is 1.78. The molecule has 0 aromatic heterocycles. The van der Waals surface area contributed by atoms with Crippen molar-refractivity contribution in [3.8, 4) is 17.2 Å². The van der Waals surface area contributed by atoms with Crippen LogP contribution in [0.5, 0.6) is 17.2 Å². The van der Waals surface area contributed by atoms with Crippen LogP contribution >= 0.6 is 0 Å². The van der Waals surface area contributed by atoms with Gasteiger partial charge >= 0.3 is 0 Å². The van der Waals surface area contributed by atoms with Crippen molar-refractivity contribution in [2.75, 3.05) is 13.9 Å².